The van der Waals surface area contributed by atoms with Crippen molar-refractivity contribution >= 4 is 28.1 Å². The van der Waals surface area contributed by atoms with Crippen LogP contribution in [0.2, 0.25) is 0 Å². The number of nitrogens with two attached hydrogens (primary N) is 1. The van der Waals surface area contributed by atoms with Crippen molar-refractivity contribution in [3.8, 4) is 5.88 Å². The molecule has 0 amide bonds. The number of ether oxygens (including phenoxy) is 2. The topological polar surface area (TPSA) is 57.4 Å². The SMILES string of the molecule is CCCCOCCOc1cc(C(N)=S)c2ccccc2n1. The van der Waals surface area contributed by atoms with Crippen LogP contribution >= 0.6 is 12.2 Å². The number of rotatable bonds is 8. The number of aromatic nitrogens is 1. The van der Waals surface area contributed by atoms with E-state index < -0.39 is 0 Å². The van der Waals surface area contributed by atoms with Crippen molar-refractivity contribution in [1.82, 2.24) is 4.98 Å². The van der Waals surface area contributed by atoms with Crippen LogP contribution in [-0.2, 0) is 4.74 Å². The molecule has 0 fully saturated rings. The summed E-state index contributed by atoms with van der Waals surface area (Å²) in [6.07, 6.45) is 2.20. The maximum Gasteiger partial charge on any atom is 0.214 e. The Morgan fingerprint density at radius 2 is 2.05 bits per heavy atom. The summed E-state index contributed by atoms with van der Waals surface area (Å²) in [5.74, 6) is 0.524. The lowest BCUT2D eigenvalue weighted by Gasteiger charge is -2.10. The van der Waals surface area contributed by atoms with Crippen molar-refractivity contribution in [3.05, 3.63) is 35.9 Å². The van der Waals surface area contributed by atoms with Crippen molar-refractivity contribution in [2.45, 2.75) is 19.8 Å². The number of para-hydroxylation sites is 1. The molecule has 21 heavy (non-hydrogen) atoms. The molecule has 4 nitrogen and oxygen atoms in total. The molecule has 2 aromatic rings. The van der Waals surface area contributed by atoms with Gasteiger partial charge in [-0.25, -0.2) is 4.98 Å². The molecule has 0 aliphatic heterocycles. The molecular weight excluding hydrogens is 284 g/mol. The molecule has 112 valence electrons. The van der Waals surface area contributed by atoms with Crippen LogP contribution in [0.3, 0.4) is 0 Å². The smallest absolute Gasteiger partial charge is 0.214 e. The van der Waals surface area contributed by atoms with E-state index in [-0.39, 0.29) is 0 Å². The summed E-state index contributed by atoms with van der Waals surface area (Å²) in [5.41, 5.74) is 7.39. The van der Waals surface area contributed by atoms with Gasteiger partial charge in [-0.15, -0.1) is 0 Å². The number of hydrogen-bond acceptors (Lipinski definition) is 4. The standard InChI is InChI=1S/C16H20N2O2S/c1-2-3-8-19-9-10-20-15-11-13(16(17)21)12-6-4-5-7-14(12)18-15/h4-7,11H,2-3,8-10H2,1H3,(H2,17,21). The molecule has 0 aliphatic rings. The van der Waals surface area contributed by atoms with E-state index in [1.807, 2.05) is 24.3 Å². The molecule has 1 aromatic heterocycles. The molecule has 2 N–H and O–H groups in total. The second kappa shape index (κ2) is 7.90. The number of fused-ring (bicyclic) bond motifs is 1. The van der Waals surface area contributed by atoms with E-state index in [4.69, 9.17) is 27.4 Å². The number of hydrogen-bond donors (Lipinski definition) is 1. The van der Waals surface area contributed by atoms with Gasteiger partial charge in [0, 0.05) is 23.6 Å². The van der Waals surface area contributed by atoms with E-state index in [2.05, 4.69) is 11.9 Å². The van der Waals surface area contributed by atoms with Crippen LogP contribution in [0, 0.1) is 0 Å². The molecule has 0 aliphatic carbocycles. The van der Waals surface area contributed by atoms with Crippen LogP contribution in [0.5, 0.6) is 5.88 Å². The van der Waals surface area contributed by atoms with E-state index in [0.717, 1.165) is 35.9 Å². The van der Waals surface area contributed by atoms with Crippen molar-refractivity contribution in [2.75, 3.05) is 19.8 Å². The van der Waals surface area contributed by atoms with Gasteiger partial charge in [0.2, 0.25) is 5.88 Å². The van der Waals surface area contributed by atoms with Crippen LogP contribution in [0.4, 0.5) is 0 Å². The highest BCUT2D eigenvalue weighted by Crippen LogP contribution is 2.21. The largest absolute Gasteiger partial charge is 0.475 e. The molecule has 5 heteroatoms. The van der Waals surface area contributed by atoms with Gasteiger partial charge in [0.15, 0.2) is 0 Å². The van der Waals surface area contributed by atoms with Crippen LogP contribution in [0.15, 0.2) is 30.3 Å². The normalized spacial score (nSPS) is 10.7. The third-order valence-electron chi connectivity index (χ3n) is 3.08. The Hall–Kier alpha value is -1.72. The number of pyridine rings is 1. The zero-order valence-corrected chi connectivity index (χ0v) is 13.0. The van der Waals surface area contributed by atoms with Crippen LogP contribution in [-0.4, -0.2) is 29.8 Å². The van der Waals surface area contributed by atoms with Crippen molar-refractivity contribution in [1.29, 1.82) is 0 Å². The Bertz CT molecular complexity index is 616. The van der Waals surface area contributed by atoms with Crippen molar-refractivity contribution < 1.29 is 9.47 Å². The second-order valence-corrected chi connectivity index (χ2v) is 5.14. The molecule has 0 radical (unpaired) electrons. The minimum Gasteiger partial charge on any atom is -0.475 e. The summed E-state index contributed by atoms with van der Waals surface area (Å²) in [6, 6.07) is 9.52. The first-order valence-corrected chi connectivity index (χ1v) is 7.53. The van der Waals surface area contributed by atoms with Crippen molar-refractivity contribution in [3.63, 3.8) is 0 Å². The minimum atomic E-state index is 0.345. The maximum absolute atomic E-state index is 5.78. The average molecular weight is 304 g/mol. The minimum absolute atomic E-state index is 0.345. The van der Waals surface area contributed by atoms with Gasteiger partial charge >= 0.3 is 0 Å². The number of unbranched alkanes of at least 4 members (excludes halogenated alkanes) is 1. The van der Waals surface area contributed by atoms with Gasteiger partial charge in [0.1, 0.15) is 11.6 Å². The number of thiocarbonyl (C=S) groups is 1. The summed E-state index contributed by atoms with van der Waals surface area (Å²) in [6.45, 7) is 3.92. The summed E-state index contributed by atoms with van der Waals surface area (Å²) < 4.78 is 11.1. The van der Waals surface area contributed by atoms with Gasteiger partial charge in [-0.05, 0) is 12.5 Å². The summed E-state index contributed by atoms with van der Waals surface area (Å²) in [4.78, 5) is 4.80. The first-order chi connectivity index (χ1) is 10.2. The zero-order valence-electron chi connectivity index (χ0n) is 12.2. The maximum atomic E-state index is 5.78. The first-order valence-electron chi connectivity index (χ1n) is 7.12. The van der Waals surface area contributed by atoms with Gasteiger partial charge in [-0.2, -0.15) is 0 Å². The Morgan fingerprint density at radius 3 is 2.81 bits per heavy atom. The van der Waals surface area contributed by atoms with Crippen LogP contribution in [0.25, 0.3) is 10.9 Å². The fraction of sp³-hybridized carbons (Fsp3) is 0.375. The van der Waals surface area contributed by atoms with Crippen molar-refractivity contribution in [2.24, 2.45) is 5.73 Å². The highest BCUT2D eigenvalue weighted by atomic mass is 32.1. The quantitative estimate of drug-likeness (QED) is 0.600. The lowest BCUT2D eigenvalue weighted by molar-refractivity contribution is 0.0966. The van der Waals surface area contributed by atoms with Gasteiger partial charge in [-0.3, -0.25) is 0 Å². The average Bonchev–Trinajstić information content (AvgIpc) is 2.49. The molecule has 1 aromatic carbocycles. The van der Waals surface area contributed by atoms with Crippen LogP contribution in [0.1, 0.15) is 25.3 Å². The van der Waals surface area contributed by atoms with E-state index >= 15 is 0 Å². The van der Waals surface area contributed by atoms with E-state index in [9.17, 15) is 0 Å². The second-order valence-electron chi connectivity index (χ2n) is 4.70. The number of nitrogens with zero attached hydrogens (tertiary/aromatic N) is 1. The predicted molar refractivity (Wildman–Crippen MR) is 88.9 cm³/mol. The Labute approximate surface area is 130 Å². The Kier molecular flexibility index (Phi) is 5.90. The predicted octanol–water partition coefficient (Wildman–Crippen LogP) is 3.06. The van der Waals surface area contributed by atoms with Gasteiger partial charge in [0.05, 0.1) is 12.1 Å². The highest BCUT2D eigenvalue weighted by molar-refractivity contribution is 7.80. The molecule has 0 bridgehead atoms. The fourth-order valence-electron chi connectivity index (χ4n) is 1.98. The van der Waals surface area contributed by atoms with E-state index in [1.54, 1.807) is 6.07 Å². The summed E-state index contributed by atoms with van der Waals surface area (Å²) in [7, 11) is 0. The summed E-state index contributed by atoms with van der Waals surface area (Å²) >= 11 is 5.10. The van der Waals surface area contributed by atoms with Crippen LogP contribution < -0.4 is 10.5 Å². The van der Waals surface area contributed by atoms with Gasteiger partial charge in [-0.1, -0.05) is 43.8 Å². The lowest BCUT2D eigenvalue weighted by atomic mass is 10.1. The van der Waals surface area contributed by atoms with E-state index in [1.165, 1.54) is 0 Å². The molecule has 0 saturated carbocycles. The zero-order chi connectivity index (χ0) is 15.1. The molecule has 0 saturated heterocycles. The third-order valence-corrected chi connectivity index (χ3v) is 3.30. The van der Waals surface area contributed by atoms with E-state index in [0.29, 0.717) is 24.1 Å². The Balaban J connectivity index is 2.05. The first kappa shape index (κ1) is 15.7. The number of benzene rings is 1. The molecular formula is C16H20N2O2S. The molecule has 2 rings (SSSR count). The summed E-state index contributed by atoms with van der Waals surface area (Å²) in [5, 5.41) is 0.941. The fourth-order valence-corrected chi connectivity index (χ4v) is 2.15. The van der Waals surface area contributed by atoms with Gasteiger partial charge in [0.25, 0.3) is 0 Å². The Morgan fingerprint density at radius 1 is 1.24 bits per heavy atom. The molecule has 1 heterocycles. The van der Waals surface area contributed by atoms with Gasteiger partial charge < -0.3 is 15.2 Å². The molecule has 0 spiro atoms. The third kappa shape index (κ3) is 4.37. The lowest BCUT2D eigenvalue weighted by Crippen LogP contribution is -2.12. The molecule has 0 atom stereocenters. The highest BCUT2D eigenvalue weighted by Gasteiger charge is 2.08. The monoisotopic (exact) mass is 304 g/mol. The molecule has 0 unspecified atom stereocenters.